The van der Waals surface area contributed by atoms with Crippen LogP contribution in [0.3, 0.4) is 0 Å². The Bertz CT molecular complexity index is 1310. The lowest BCUT2D eigenvalue weighted by atomic mass is 10.1. The molecule has 8 nitrogen and oxygen atoms in total. The summed E-state index contributed by atoms with van der Waals surface area (Å²) in [6.07, 6.45) is 0. The number of nitrogens with zero attached hydrogens (tertiary/aromatic N) is 1. The second-order valence-corrected chi connectivity index (χ2v) is 9.18. The number of fused-ring (bicyclic) bond motifs is 1. The normalized spacial score (nSPS) is 10.8. The molecule has 2 heterocycles. The maximum atomic E-state index is 12.9. The minimum absolute atomic E-state index is 0.0740. The van der Waals surface area contributed by atoms with Crippen LogP contribution in [-0.2, 0) is 9.53 Å². The van der Waals surface area contributed by atoms with Gasteiger partial charge in [0.15, 0.2) is 5.16 Å². The second kappa shape index (κ2) is 10.5. The molecular formula is C24H22N4O4S2. The summed E-state index contributed by atoms with van der Waals surface area (Å²) in [6, 6.07) is 16.6. The smallest absolute Gasteiger partial charge is 0.341 e. The number of carbonyl (C=O) groups is 3. The lowest BCUT2D eigenvalue weighted by Crippen LogP contribution is -2.16. The van der Waals surface area contributed by atoms with E-state index in [1.807, 2.05) is 42.5 Å². The third-order valence-electron chi connectivity index (χ3n) is 4.82. The summed E-state index contributed by atoms with van der Waals surface area (Å²) in [5.74, 6) is -1.20. The standard InChI is InChI=1S/C24H22N4O4S2/c1-3-32-23(31)19-14(2)20(21(30)25-15-9-5-4-6-10-15)34-22(19)28-18(29)13-33-24-26-16-11-7-8-12-17(16)27-24/h4-12H,3,13H2,1-2H3,(H,25,30)(H,26,27)(H,28,29). The van der Waals surface area contributed by atoms with Crippen molar-refractivity contribution in [3.63, 3.8) is 0 Å². The Kier molecular flexibility index (Phi) is 7.29. The van der Waals surface area contributed by atoms with Gasteiger partial charge in [-0.05, 0) is 43.7 Å². The Hall–Kier alpha value is -3.63. The SMILES string of the molecule is CCOC(=O)c1c(NC(=O)CSc2nc3ccccc3[nH]2)sc(C(=O)Nc2ccccc2)c1C. The van der Waals surface area contributed by atoms with Crippen molar-refractivity contribution in [1.82, 2.24) is 9.97 Å². The molecule has 0 aliphatic carbocycles. The number of anilines is 2. The van der Waals surface area contributed by atoms with Crippen LogP contribution < -0.4 is 10.6 Å². The van der Waals surface area contributed by atoms with Crippen LogP contribution in [0.2, 0.25) is 0 Å². The van der Waals surface area contributed by atoms with Gasteiger partial charge in [-0.2, -0.15) is 0 Å². The number of esters is 1. The summed E-state index contributed by atoms with van der Waals surface area (Å²) in [6.45, 7) is 3.54. The number of para-hydroxylation sites is 3. The number of H-pyrrole nitrogens is 1. The van der Waals surface area contributed by atoms with E-state index in [1.54, 1.807) is 26.0 Å². The van der Waals surface area contributed by atoms with E-state index in [2.05, 4.69) is 20.6 Å². The van der Waals surface area contributed by atoms with Gasteiger partial charge in [0.1, 0.15) is 5.00 Å². The van der Waals surface area contributed by atoms with Gasteiger partial charge in [0.05, 0.1) is 33.8 Å². The van der Waals surface area contributed by atoms with Gasteiger partial charge >= 0.3 is 5.97 Å². The minimum Gasteiger partial charge on any atom is -0.462 e. The van der Waals surface area contributed by atoms with E-state index in [0.717, 1.165) is 22.4 Å². The van der Waals surface area contributed by atoms with E-state index in [0.29, 0.717) is 21.3 Å². The lowest BCUT2D eigenvalue weighted by molar-refractivity contribution is -0.113. The fourth-order valence-electron chi connectivity index (χ4n) is 3.27. The molecule has 2 aromatic carbocycles. The molecule has 10 heteroatoms. The molecule has 3 N–H and O–H groups in total. The average Bonchev–Trinajstić information content (AvgIpc) is 3.39. The van der Waals surface area contributed by atoms with Crippen molar-refractivity contribution in [3.05, 3.63) is 70.6 Å². The van der Waals surface area contributed by atoms with Crippen LogP contribution in [0.4, 0.5) is 10.7 Å². The van der Waals surface area contributed by atoms with Crippen LogP contribution in [-0.4, -0.2) is 40.1 Å². The molecule has 0 unspecified atom stereocenters. The van der Waals surface area contributed by atoms with Gasteiger partial charge in [-0.15, -0.1) is 11.3 Å². The summed E-state index contributed by atoms with van der Waals surface area (Å²) < 4.78 is 5.17. The first kappa shape index (κ1) is 23.5. The number of aromatic nitrogens is 2. The number of aromatic amines is 1. The summed E-state index contributed by atoms with van der Waals surface area (Å²) in [5, 5.41) is 6.48. The topological polar surface area (TPSA) is 113 Å². The monoisotopic (exact) mass is 494 g/mol. The molecule has 4 rings (SSSR count). The molecule has 2 amide bonds. The first-order valence-electron chi connectivity index (χ1n) is 10.5. The summed E-state index contributed by atoms with van der Waals surface area (Å²) in [5.41, 5.74) is 2.98. The van der Waals surface area contributed by atoms with E-state index >= 15 is 0 Å². The number of rotatable bonds is 8. The Balaban J connectivity index is 1.51. The predicted octanol–water partition coefficient (Wildman–Crippen LogP) is 5.09. The van der Waals surface area contributed by atoms with E-state index in [9.17, 15) is 14.4 Å². The zero-order chi connectivity index (χ0) is 24.1. The van der Waals surface area contributed by atoms with Crippen molar-refractivity contribution in [3.8, 4) is 0 Å². The largest absolute Gasteiger partial charge is 0.462 e. The maximum absolute atomic E-state index is 12.9. The van der Waals surface area contributed by atoms with Crippen molar-refractivity contribution in [2.75, 3.05) is 23.0 Å². The summed E-state index contributed by atoms with van der Waals surface area (Å²) >= 11 is 2.29. The molecule has 0 atom stereocenters. The fourth-order valence-corrected chi connectivity index (χ4v) is 5.06. The average molecular weight is 495 g/mol. The Morgan fingerprint density at radius 1 is 1.06 bits per heavy atom. The van der Waals surface area contributed by atoms with Gasteiger partial charge in [0.2, 0.25) is 5.91 Å². The number of carbonyl (C=O) groups excluding carboxylic acids is 3. The number of thioether (sulfide) groups is 1. The van der Waals surface area contributed by atoms with Crippen LogP contribution in [0.25, 0.3) is 11.0 Å². The quantitative estimate of drug-likeness (QED) is 0.232. The lowest BCUT2D eigenvalue weighted by Gasteiger charge is -2.06. The van der Waals surface area contributed by atoms with Gasteiger partial charge in [0.25, 0.3) is 5.91 Å². The molecule has 0 saturated heterocycles. The van der Waals surface area contributed by atoms with Gasteiger partial charge in [0, 0.05) is 5.69 Å². The van der Waals surface area contributed by atoms with Crippen molar-refractivity contribution < 1.29 is 19.1 Å². The first-order valence-corrected chi connectivity index (χ1v) is 12.3. The van der Waals surface area contributed by atoms with Crippen LogP contribution in [0.5, 0.6) is 0 Å². The Morgan fingerprint density at radius 3 is 2.53 bits per heavy atom. The van der Waals surface area contributed by atoms with E-state index in [-0.39, 0.29) is 34.7 Å². The number of ether oxygens (including phenoxy) is 1. The van der Waals surface area contributed by atoms with E-state index in [1.165, 1.54) is 11.8 Å². The molecule has 0 saturated carbocycles. The molecule has 0 bridgehead atoms. The number of thiophene rings is 1. The number of hydrogen-bond donors (Lipinski definition) is 3. The van der Waals surface area contributed by atoms with Crippen LogP contribution >= 0.6 is 23.1 Å². The maximum Gasteiger partial charge on any atom is 0.341 e. The fraction of sp³-hybridized carbons (Fsp3) is 0.167. The summed E-state index contributed by atoms with van der Waals surface area (Å²) in [7, 11) is 0. The van der Waals surface area contributed by atoms with Crippen molar-refractivity contribution in [1.29, 1.82) is 0 Å². The molecular weight excluding hydrogens is 472 g/mol. The molecule has 0 spiro atoms. The predicted molar refractivity (Wildman–Crippen MR) is 135 cm³/mol. The molecule has 0 fully saturated rings. The van der Waals surface area contributed by atoms with Crippen LogP contribution in [0.1, 0.15) is 32.5 Å². The third-order valence-corrected chi connectivity index (χ3v) is 6.90. The Morgan fingerprint density at radius 2 is 1.79 bits per heavy atom. The highest BCUT2D eigenvalue weighted by molar-refractivity contribution is 7.99. The number of hydrogen-bond acceptors (Lipinski definition) is 7. The highest BCUT2D eigenvalue weighted by Crippen LogP contribution is 2.34. The molecule has 0 aliphatic heterocycles. The van der Waals surface area contributed by atoms with Crippen LogP contribution in [0.15, 0.2) is 59.8 Å². The van der Waals surface area contributed by atoms with Gasteiger partial charge in [-0.1, -0.05) is 42.1 Å². The number of amides is 2. The van der Waals surface area contributed by atoms with E-state index < -0.39 is 5.97 Å². The summed E-state index contributed by atoms with van der Waals surface area (Å²) in [4.78, 5) is 46.1. The van der Waals surface area contributed by atoms with Gasteiger partial charge in [-0.3, -0.25) is 9.59 Å². The molecule has 174 valence electrons. The number of nitrogens with one attached hydrogen (secondary N) is 3. The molecule has 2 aromatic heterocycles. The minimum atomic E-state index is -0.588. The number of imidazole rings is 1. The Labute approximate surface area is 204 Å². The molecule has 34 heavy (non-hydrogen) atoms. The number of benzene rings is 2. The zero-order valence-corrected chi connectivity index (χ0v) is 20.1. The van der Waals surface area contributed by atoms with Crippen molar-refractivity contribution in [2.24, 2.45) is 0 Å². The third kappa shape index (κ3) is 5.29. The van der Waals surface area contributed by atoms with Crippen LogP contribution in [0, 0.1) is 6.92 Å². The van der Waals surface area contributed by atoms with Gasteiger partial charge in [-0.25, -0.2) is 9.78 Å². The first-order chi connectivity index (χ1) is 16.5. The molecule has 4 aromatic rings. The van der Waals surface area contributed by atoms with Crippen molar-refractivity contribution >= 4 is 62.6 Å². The van der Waals surface area contributed by atoms with Crippen molar-refractivity contribution in [2.45, 2.75) is 19.0 Å². The highest BCUT2D eigenvalue weighted by Gasteiger charge is 2.26. The van der Waals surface area contributed by atoms with Gasteiger partial charge < -0.3 is 20.4 Å². The molecule has 0 aliphatic rings. The van der Waals surface area contributed by atoms with E-state index in [4.69, 9.17) is 4.74 Å². The highest BCUT2D eigenvalue weighted by atomic mass is 32.2. The zero-order valence-electron chi connectivity index (χ0n) is 18.5. The second-order valence-electron chi connectivity index (χ2n) is 7.20. The molecule has 0 radical (unpaired) electrons.